The van der Waals surface area contributed by atoms with E-state index in [1.165, 1.54) is 20.2 Å². The molecule has 0 aliphatic heterocycles. The van der Waals surface area contributed by atoms with Crippen LogP contribution in [0.2, 0.25) is 0 Å². The van der Waals surface area contributed by atoms with Crippen LogP contribution in [0.15, 0.2) is 36.4 Å². The van der Waals surface area contributed by atoms with Gasteiger partial charge in [0.1, 0.15) is 11.8 Å². The quantitative estimate of drug-likeness (QED) is 0.0553. The van der Waals surface area contributed by atoms with Gasteiger partial charge in [0.2, 0.25) is 17.7 Å². The molecule has 1 rings (SSSR count). The predicted molar refractivity (Wildman–Crippen MR) is 184 cm³/mol. The van der Waals surface area contributed by atoms with Crippen LogP contribution in [0.25, 0.3) is 0 Å². The maximum atomic E-state index is 14.2. The summed E-state index contributed by atoms with van der Waals surface area (Å²) < 4.78 is 39.1. The molecule has 11 heteroatoms. The average Bonchev–Trinajstić information content (AvgIpc) is 3.06. The molecule has 0 radical (unpaired) electrons. The minimum absolute atomic E-state index is 0.0698. The molecule has 0 saturated carbocycles. The molecular formula is C37H60F2N2O7. The second-order valence-corrected chi connectivity index (χ2v) is 12.6. The zero-order valence-corrected chi connectivity index (χ0v) is 29.5. The van der Waals surface area contributed by atoms with Gasteiger partial charge in [-0.15, -0.1) is 0 Å². The van der Waals surface area contributed by atoms with Crippen molar-refractivity contribution in [2.45, 2.75) is 134 Å². The van der Waals surface area contributed by atoms with Crippen molar-refractivity contribution in [2.24, 2.45) is 5.92 Å². The maximum Gasteiger partial charge on any atom is 0.336 e. The van der Waals surface area contributed by atoms with Crippen LogP contribution in [-0.2, 0) is 25.5 Å². The van der Waals surface area contributed by atoms with E-state index < -0.39 is 41.3 Å². The van der Waals surface area contributed by atoms with Gasteiger partial charge >= 0.3 is 5.97 Å². The number of nitrogens with one attached hydrogen (secondary N) is 2. The Morgan fingerprint density at radius 2 is 1.46 bits per heavy atom. The van der Waals surface area contributed by atoms with Crippen molar-refractivity contribution in [3.8, 4) is 5.75 Å². The molecule has 4 N–H and O–H groups in total. The molecule has 0 aromatic heterocycles. The number of likely N-dealkylation sites (N-methyl/N-ethyl adjacent to an activating group) is 1. The first kappa shape index (κ1) is 43.0. The standard InChI is InChI=1S/C37H60F2N2O7/c1-5-7-9-13-16-23-36(38,39)24-17-14-11-10-12-15-18-31(37(46,35(44)45)25-27-47-4)33(42)41-32(34(43)40-3)28-29-19-21-30(22-20-29)48-26-8-6-2/h15,18-22,31-32,46H,5-14,16-17,23-28H2,1-4H3,(H,40,43)(H,41,42)(H,44,45)/t31-,32+,37+/m1/s1. The molecular weight excluding hydrogens is 622 g/mol. The Kier molecular flexibility index (Phi) is 21.6. The van der Waals surface area contributed by atoms with Crippen LogP contribution < -0.4 is 15.4 Å². The van der Waals surface area contributed by atoms with Gasteiger partial charge in [-0.25, -0.2) is 13.6 Å². The number of allylic oxidation sites excluding steroid dienone is 1. The molecule has 0 aliphatic carbocycles. The Morgan fingerprint density at radius 1 is 0.854 bits per heavy atom. The number of hydrogen-bond donors (Lipinski definition) is 4. The summed E-state index contributed by atoms with van der Waals surface area (Å²) in [6.07, 6.45) is 11.9. The molecule has 48 heavy (non-hydrogen) atoms. The highest BCUT2D eigenvalue weighted by molar-refractivity contribution is 5.93. The smallest absolute Gasteiger partial charge is 0.336 e. The van der Waals surface area contributed by atoms with Crippen molar-refractivity contribution in [1.82, 2.24) is 10.6 Å². The normalized spacial score (nSPS) is 14.3. The number of carbonyl (C=O) groups is 3. The Morgan fingerprint density at radius 3 is 2.02 bits per heavy atom. The topological polar surface area (TPSA) is 134 Å². The van der Waals surface area contributed by atoms with Crippen molar-refractivity contribution in [1.29, 1.82) is 0 Å². The zero-order valence-electron chi connectivity index (χ0n) is 29.5. The summed E-state index contributed by atoms with van der Waals surface area (Å²) >= 11 is 0. The molecule has 0 spiro atoms. The van der Waals surface area contributed by atoms with Gasteiger partial charge in [0, 0.05) is 46.4 Å². The highest BCUT2D eigenvalue weighted by Crippen LogP contribution is 2.29. The second kappa shape index (κ2) is 24.1. The van der Waals surface area contributed by atoms with Gasteiger partial charge in [0.25, 0.3) is 0 Å². The Bertz CT molecular complexity index is 1080. The highest BCUT2D eigenvalue weighted by atomic mass is 19.3. The van der Waals surface area contributed by atoms with Crippen LogP contribution in [0.3, 0.4) is 0 Å². The number of halogens is 2. The Hall–Kier alpha value is -3.05. The summed E-state index contributed by atoms with van der Waals surface area (Å²) in [7, 11) is 2.80. The first-order chi connectivity index (χ1) is 22.9. The summed E-state index contributed by atoms with van der Waals surface area (Å²) in [5, 5.41) is 26.4. The van der Waals surface area contributed by atoms with E-state index >= 15 is 0 Å². The van der Waals surface area contributed by atoms with Crippen molar-refractivity contribution >= 4 is 17.8 Å². The number of unbranched alkanes of at least 4 members (excludes halogenated alkanes) is 9. The van der Waals surface area contributed by atoms with E-state index in [4.69, 9.17) is 9.47 Å². The zero-order chi connectivity index (χ0) is 35.8. The number of carboxylic acid groups (broad SMARTS) is 1. The van der Waals surface area contributed by atoms with E-state index in [2.05, 4.69) is 24.5 Å². The molecule has 1 aromatic carbocycles. The summed E-state index contributed by atoms with van der Waals surface area (Å²) in [5.41, 5.74) is -1.75. The SMILES string of the molecule is CCCCCCCC(F)(F)CCCCCCC=C[C@H](C(=O)N[C@@H](Cc1ccc(OCCCC)cc1)C(=O)NC)[C@@](O)(CCOC)C(=O)O. The lowest BCUT2D eigenvalue weighted by Crippen LogP contribution is -2.56. The van der Waals surface area contributed by atoms with Crippen LogP contribution in [0.5, 0.6) is 5.75 Å². The summed E-state index contributed by atoms with van der Waals surface area (Å²) in [4.78, 5) is 38.7. The average molecular weight is 683 g/mol. The van der Waals surface area contributed by atoms with Gasteiger partial charge in [-0.1, -0.05) is 83.1 Å². The molecule has 2 amide bonds. The fourth-order valence-corrected chi connectivity index (χ4v) is 5.40. The fraction of sp³-hybridized carbons (Fsp3) is 0.703. The monoisotopic (exact) mass is 682 g/mol. The molecule has 9 nitrogen and oxygen atoms in total. The number of ether oxygens (including phenoxy) is 2. The number of amides is 2. The third-order valence-corrected chi connectivity index (χ3v) is 8.50. The van der Waals surface area contributed by atoms with Crippen molar-refractivity contribution in [3.63, 3.8) is 0 Å². The summed E-state index contributed by atoms with van der Waals surface area (Å²) in [5.74, 6) is -6.37. The number of alkyl halides is 2. The lowest BCUT2D eigenvalue weighted by atomic mass is 9.83. The number of methoxy groups -OCH3 is 1. The van der Waals surface area contributed by atoms with E-state index in [-0.39, 0.29) is 32.3 Å². The molecule has 1 aromatic rings. The third kappa shape index (κ3) is 16.9. The second-order valence-electron chi connectivity index (χ2n) is 12.6. The first-order valence-corrected chi connectivity index (χ1v) is 17.7. The van der Waals surface area contributed by atoms with Crippen molar-refractivity contribution < 1.29 is 42.9 Å². The Labute approximate surface area is 286 Å². The van der Waals surface area contributed by atoms with Crippen LogP contribution >= 0.6 is 0 Å². The lowest BCUT2D eigenvalue weighted by Gasteiger charge is -2.31. The third-order valence-electron chi connectivity index (χ3n) is 8.50. The first-order valence-electron chi connectivity index (χ1n) is 17.7. The number of carboxylic acids is 1. The minimum Gasteiger partial charge on any atom is -0.494 e. The highest BCUT2D eigenvalue weighted by Gasteiger charge is 2.47. The minimum atomic E-state index is -2.64. The van der Waals surface area contributed by atoms with E-state index in [0.717, 1.165) is 44.1 Å². The molecule has 0 heterocycles. The van der Waals surface area contributed by atoms with Crippen LogP contribution in [-0.4, -0.2) is 72.9 Å². The number of aliphatic hydroxyl groups is 1. The summed E-state index contributed by atoms with van der Waals surface area (Å²) in [6, 6.07) is 6.12. The van der Waals surface area contributed by atoms with Gasteiger partial charge in [0.15, 0.2) is 5.60 Å². The number of aliphatic carboxylic acids is 1. The van der Waals surface area contributed by atoms with Crippen molar-refractivity contribution in [2.75, 3.05) is 27.4 Å². The molecule has 0 aliphatic rings. The van der Waals surface area contributed by atoms with E-state index in [0.29, 0.717) is 50.9 Å². The molecule has 0 unspecified atom stereocenters. The van der Waals surface area contributed by atoms with Crippen LogP contribution in [0.1, 0.15) is 116 Å². The molecule has 0 saturated heterocycles. The molecule has 0 bridgehead atoms. The fourth-order valence-electron chi connectivity index (χ4n) is 5.40. The van der Waals surface area contributed by atoms with E-state index in [1.807, 2.05) is 0 Å². The Balaban J connectivity index is 2.88. The number of hydrogen-bond acceptors (Lipinski definition) is 6. The van der Waals surface area contributed by atoms with Gasteiger partial charge in [-0.3, -0.25) is 9.59 Å². The van der Waals surface area contributed by atoms with Gasteiger partial charge in [0.05, 0.1) is 12.5 Å². The maximum absolute atomic E-state index is 14.2. The summed E-state index contributed by atoms with van der Waals surface area (Å²) in [6.45, 7) is 4.64. The lowest BCUT2D eigenvalue weighted by molar-refractivity contribution is -0.168. The molecule has 3 atom stereocenters. The number of carbonyl (C=O) groups excluding carboxylic acids is 2. The van der Waals surface area contributed by atoms with E-state index in [1.54, 1.807) is 30.3 Å². The number of rotatable bonds is 28. The number of benzene rings is 1. The molecule has 274 valence electrons. The largest absolute Gasteiger partial charge is 0.494 e. The van der Waals surface area contributed by atoms with Crippen molar-refractivity contribution in [3.05, 3.63) is 42.0 Å². The van der Waals surface area contributed by atoms with Crippen LogP contribution in [0, 0.1) is 5.92 Å². The van der Waals surface area contributed by atoms with Gasteiger partial charge < -0.3 is 30.3 Å². The van der Waals surface area contributed by atoms with Gasteiger partial charge in [-0.2, -0.15) is 0 Å². The van der Waals surface area contributed by atoms with Gasteiger partial charge in [-0.05, 0) is 49.8 Å². The van der Waals surface area contributed by atoms with Crippen LogP contribution in [0.4, 0.5) is 8.78 Å². The molecule has 0 fully saturated rings. The van der Waals surface area contributed by atoms with E-state index in [9.17, 15) is 33.4 Å². The predicted octanol–water partition coefficient (Wildman–Crippen LogP) is 7.00.